The van der Waals surface area contributed by atoms with Gasteiger partial charge in [-0.2, -0.15) is 0 Å². The van der Waals surface area contributed by atoms with Crippen LogP contribution in [0.2, 0.25) is 0 Å². The first kappa shape index (κ1) is 24.1. The first-order chi connectivity index (χ1) is 14.6. The minimum atomic E-state index is -1.05. The second-order valence-electron chi connectivity index (χ2n) is 7.99. The van der Waals surface area contributed by atoms with Crippen LogP contribution in [0, 0.1) is 5.92 Å². The molecule has 1 aliphatic rings. The van der Waals surface area contributed by atoms with Gasteiger partial charge in [0, 0.05) is 25.3 Å². The average molecular weight is 423 g/mol. The van der Waals surface area contributed by atoms with E-state index in [-0.39, 0.29) is 12.6 Å². The fourth-order valence-electron chi connectivity index (χ4n) is 3.77. The smallest absolute Gasteiger partial charge is 0.326 e. The fourth-order valence-corrected chi connectivity index (χ4v) is 3.77. The zero-order valence-electron chi connectivity index (χ0n) is 17.9. The number of amides is 1. The third-order valence-electron chi connectivity index (χ3n) is 5.72. The van der Waals surface area contributed by atoms with E-state index in [9.17, 15) is 19.1 Å². The Morgan fingerprint density at radius 3 is 2.93 bits per heavy atom. The molecule has 0 aliphatic carbocycles. The summed E-state index contributed by atoms with van der Waals surface area (Å²) in [6, 6.07) is 3.35. The van der Waals surface area contributed by atoms with Crippen molar-refractivity contribution in [3.8, 4) is 0 Å². The highest BCUT2D eigenvalue weighted by Gasteiger charge is 2.19. The summed E-state index contributed by atoms with van der Waals surface area (Å²) >= 11 is 0. The maximum Gasteiger partial charge on any atom is 0.326 e. The van der Waals surface area contributed by atoms with Gasteiger partial charge in [-0.05, 0) is 69.0 Å². The molecule has 0 aromatic carbocycles. The van der Waals surface area contributed by atoms with Crippen LogP contribution in [-0.2, 0) is 22.4 Å². The molecule has 0 radical (unpaired) electrons. The first-order valence-corrected chi connectivity index (χ1v) is 11.0. The Hall–Kier alpha value is -2.22. The minimum absolute atomic E-state index is 0.0549. The topological polar surface area (TPSA) is 94.6 Å². The molecule has 1 aromatic heterocycles. The molecule has 2 heterocycles. The number of alkyl halides is 1. The van der Waals surface area contributed by atoms with E-state index >= 15 is 0 Å². The van der Waals surface area contributed by atoms with Crippen molar-refractivity contribution in [1.29, 1.82) is 0 Å². The number of pyridine rings is 1. The molecule has 8 heteroatoms. The van der Waals surface area contributed by atoms with E-state index in [0.29, 0.717) is 25.9 Å². The van der Waals surface area contributed by atoms with E-state index in [4.69, 9.17) is 4.98 Å². The SMILES string of the molecule is CCC(CF)CN(CCCCc1ccc2c(n1)NCCC2)CCC(NC=O)C(=O)O. The highest BCUT2D eigenvalue weighted by Crippen LogP contribution is 2.20. The summed E-state index contributed by atoms with van der Waals surface area (Å²) in [5, 5.41) is 14.9. The van der Waals surface area contributed by atoms with Crippen LogP contribution in [0.25, 0.3) is 0 Å². The highest BCUT2D eigenvalue weighted by molar-refractivity contribution is 5.76. The summed E-state index contributed by atoms with van der Waals surface area (Å²) < 4.78 is 13.2. The molecule has 1 amide bonds. The van der Waals surface area contributed by atoms with Gasteiger partial charge in [0.15, 0.2) is 0 Å². The average Bonchev–Trinajstić information content (AvgIpc) is 2.76. The first-order valence-electron chi connectivity index (χ1n) is 11.0. The Morgan fingerprint density at radius 2 is 2.23 bits per heavy atom. The number of fused-ring (bicyclic) bond motifs is 1. The van der Waals surface area contributed by atoms with Crippen molar-refractivity contribution in [3.63, 3.8) is 0 Å². The van der Waals surface area contributed by atoms with Gasteiger partial charge in [-0.3, -0.25) is 9.18 Å². The number of carbonyl (C=O) groups excluding carboxylic acids is 1. The van der Waals surface area contributed by atoms with Crippen molar-refractivity contribution < 1.29 is 19.1 Å². The number of anilines is 1. The molecule has 2 atom stereocenters. The van der Waals surface area contributed by atoms with Crippen LogP contribution in [-0.4, -0.2) is 66.3 Å². The van der Waals surface area contributed by atoms with Gasteiger partial charge in [-0.1, -0.05) is 13.0 Å². The molecule has 0 spiro atoms. The van der Waals surface area contributed by atoms with Gasteiger partial charge >= 0.3 is 5.97 Å². The minimum Gasteiger partial charge on any atom is -0.480 e. The predicted octanol–water partition coefficient (Wildman–Crippen LogP) is 2.65. The number of carboxylic acid groups (broad SMARTS) is 1. The van der Waals surface area contributed by atoms with Gasteiger partial charge in [0.05, 0.1) is 6.67 Å². The molecule has 7 nitrogen and oxygen atoms in total. The van der Waals surface area contributed by atoms with Gasteiger partial charge < -0.3 is 20.6 Å². The molecular weight excluding hydrogens is 387 g/mol. The Labute approximate surface area is 178 Å². The second kappa shape index (κ2) is 13.2. The third kappa shape index (κ3) is 7.89. The number of carboxylic acids is 1. The Balaban J connectivity index is 1.83. The van der Waals surface area contributed by atoms with Crippen molar-refractivity contribution >= 4 is 18.2 Å². The number of nitrogens with zero attached hydrogens (tertiary/aromatic N) is 2. The van der Waals surface area contributed by atoms with Gasteiger partial charge in [0.1, 0.15) is 11.9 Å². The number of halogens is 1. The van der Waals surface area contributed by atoms with Crippen molar-refractivity contribution in [2.45, 2.75) is 57.9 Å². The van der Waals surface area contributed by atoms with E-state index in [1.54, 1.807) is 0 Å². The number of unbranched alkanes of at least 4 members (excludes halogenated alkanes) is 1. The normalized spacial score (nSPS) is 15.2. The van der Waals surface area contributed by atoms with Crippen LogP contribution in [0.1, 0.15) is 50.3 Å². The van der Waals surface area contributed by atoms with E-state index in [0.717, 1.165) is 63.1 Å². The number of aromatic nitrogens is 1. The lowest BCUT2D eigenvalue weighted by Crippen LogP contribution is -2.40. The van der Waals surface area contributed by atoms with Crippen molar-refractivity contribution in [1.82, 2.24) is 15.2 Å². The number of aryl methyl sites for hydroxylation is 2. The highest BCUT2D eigenvalue weighted by atomic mass is 19.1. The van der Waals surface area contributed by atoms with Crippen molar-refractivity contribution in [3.05, 3.63) is 23.4 Å². The van der Waals surface area contributed by atoms with Gasteiger partial charge in [-0.25, -0.2) is 9.78 Å². The molecular formula is C22H35FN4O3. The monoisotopic (exact) mass is 422 g/mol. The second-order valence-corrected chi connectivity index (χ2v) is 7.99. The number of hydrogen-bond donors (Lipinski definition) is 3. The lowest BCUT2D eigenvalue weighted by molar-refractivity contribution is -0.140. The van der Waals surface area contributed by atoms with Gasteiger partial charge in [0.2, 0.25) is 6.41 Å². The summed E-state index contributed by atoms with van der Waals surface area (Å²) in [5.74, 6) is -0.0936. The lowest BCUT2D eigenvalue weighted by atomic mass is 10.0. The molecule has 168 valence electrons. The van der Waals surface area contributed by atoms with Crippen molar-refractivity contribution in [2.24, 2.45) is 5.92 Å². The predicted molar refractivity (Wildman–Crippen MR) is 115 cm³/mol. The lowest BCUT2D eigenvalue weighted by Gasteiger charge is -2.27. The molecule has 3 N–H and O–H groups in total. The van der Waals surface area contributed by atoms with Gasteiger partial charge in [0.25, 0.3) is 0 Å². The summed E-state index contributed by atoms with van der Waals surface area (Å²) in [6.07, 6.45) is 6.45. The number of rotatable bonds is 15. The Bertz CT molecular complexity index is 670. The van der Waals surface area contributed by atoms with Gasteiger partial charge in [-0.15, -0.1) is 0 Å². The molecule has 0 saturated heterocycles. The largest absolute Gasteiger partial charge is 0.480 e. The van der Waals surface area contributed by atoms with Crippen LogP contribution < -0.4 is 10.6 Å². The molecule has 0 fully saturated rings. The number of hydrogen-bond acceptors (Lipinski definition) is 5. The molecule has 2 rings (SSSR count). The van der Waals surface area contributed by atoms with E-state index in [1.807, 2.05) is 6.92 Å². The molecule has 1 aliphatic heterocycles. The van der Waals surface area contributed by atoms with Crippen LogP contribution in [0.5, 0.6) is 0 Å². The van der Waals surface area contributed by atoms with Crippen LogP contribution in [0.3, 0.4) is 0 Å². The Morgan fingerprint density at radius 1 is 1.40 bits per heavy atom. The molecule has 2 unspecified atom stereocenters. The maximum atomic E-state index is 13.2. The van der Waals surface area contributed by atoms with E-state index < -0.39 is 12.0 Å². The van der Waals surface area contributed by atoms with E-state index in [2.05, 4.69) is 27.7 Å². The quantitative estimate of drug-likeness (QED) is 0.297. The van der Waals surface area contributed by atoms with Crippen LogP contribution in [0.4, 0.5) is 10.2 Å². The Kier molecular flexibility index (Phi) is 10.5. The molecule has 0 bridgehead atoms. The summed E-state index contributed by atoms with van der Waals surface area (Å²) in [7, 11) is 0. The zero-order chi connectivity index (χ0) is 21.8. The summed E-state index contributed by atoms with van der Waals surface area (Å²) in [5.41, 5.74) is 2.36. The molecule has 1 aromatic rings. The third-order valence-corrected chi connectivity index (χ3v) is 5.72. The number of aliphatic carboxylic acids is 1. The molecule has 0 saturated carbocycles. The summed E-state index contributed by atoms with van der Waals surface area (Å²) in [6.45, 7) is 4.44. The molecule has 30 heavy (non-hydrogen) atoms. The number of carbonyl (C=O) groups is 2. The standard InChI is InChI=1S/C22H35FN4O3/c1-2-17(14-23)15-27(13-10-20(22(29)30)25-16-28)12-4-3-7-19-9-8-18-6-5-11-24-21(18)26-19/h8-9,16-17,20H,2-7,10-15H2,1H3,(H,24,26)(H,25,28)(H,29,30). The van der Waals surface area contributed by atoms with Crippen LogP contribution in [0.15, 0.2) is 12.1 Å². The zero-order valence-corrected chi connectivity index (χ0v) is 17.9. The fraction of sp³-hybridized carbons (Fsp3) is 0.682. The van der Waals surface area contributed by atoms with Crippen molar-refractivity contribution in [2.75, 3.05) is 38.2 Å². The van der Waals surface area contributed by atoms with Crippen LogP contribution >= 0.6 is 0 Å². The van der Waals surface area contributed by atoms with E-state index in [1.165, 1.54) is 5.56 Å². The maximum absolute atomic E-state index is 13.2. The number of nitrogens with one attached hydrogen (secondary N) is 2. The summed E-state index contributed by atoms with van der Waals surface area (Å²) in [4.78, 5) is 28.7.